The van der Waals surface area contributed by atoms with E-state index in [0.29, 0.717) is 25.4 Å². The maximum absolute atomic E-state index is 12.3. The third kappa shape index (κ3) is 5.10. The largest absolute Gasteiger partial charge is 0.411 e. The quantitative estimate of drug-likeness (QED) is 0.706. The van der Waals surface area contributed by atoms with Crippen LogP contribution in [0.2, 0.25) is 0 Å². The standard InChI is InChI=1S/C20H24F3N5O2/c21-20(22,23)13-30-18-11-27(12-18)17-6-4-14(5-7-17)15-9-28(10-15)19(29)3-1-2-16-8-24-26-25-16/h4-8,15,18H,1-3,9-13H2,(H,24,25,26). The fraction of sp³-hybridized carbons (Fsp3) is 0.550. The molecule has 2 aliphatic heterocycles. The Morgan fingerprint density at radius 3 is 2.53 bits per heavy atom. The molecule has 7 nitrogen and oxygen atoms in total. The molecule has 30 heavy (non-hydrogen) atoms. The van der Waals surface area contributed by atoms with Crippen LogP contribution in [0.3, 0.4) is 0 Å². The normalized spacial score (nSPS) is 17.7. The molecule has 0 unspecified atom stereocenters. The fourth-order valence-electron chi connectivity index (χ4n) is 3.75. The van der Waals surface area contributed by atoms with Crippen molar-refractivity contribution in [1.82, 2.24) is 20.3 Å². The first-order chi connectivity index (χ1) is 14.4. The van der Waals surface area contributed by atoms with Crippen LogP contribution in [0.25, 0.3) is 0 Å². The molecule has 4 rings (SSSR count). The van der Waals surface area contributed by atoms with Crippen molar-refractivity contribution in [3.8, 4) is 0 Å². The van der Waals surface area contributed by atoms with Gasteiger partial charge in [-0.25, -0.2) is 0 Å². The number of carbonyl (C=O) groups is 1. The van der Waals surface area contributed by atoms with Crippen LogP contribution in [0, 0.1) is 0 Å². The second-order valence-electron chi connectivity index (χ2n) is 7.88. The molecule has 0 bridgehead atoms. The van der Waals surface area contributed by atoms with E-state index in [1.165, 1.54) is 5.56 Å². The number of H-pyrrole nitrogens is 1. The van der Waals surface area contributed by atoms with Crippen molar-refractivity contribution >= 4 is 11.6 Å². The van der Waals surface area contributed by atoms with Gasteiger partial charge < -0.3 is 14.5 Å². The van der Waals surface area contributed by atoms with Gasteiger partial charge in [0.05, 0.1) is 18.0 Å². The predicted molar refractivity (Wildman–Crippen MR) is 103 cm³/mol. The van der Waals surface area contributed by atoms with Gasteiger partial charge in [-0.15, -0.1) is 5.10 Å². The van der Waals surface area contributed by atoms with Crippen LogP contribution >= 0.6 is 0 Å². The number of aromatic amines is 1. The predicted octanol–water partition coefficient (Wildman–Crippen LogP) is 2.52. The van der Waals surface area contributed by atoms with Crippen LogP contribution in [0.15, 0.2) is 30.5 Å². The minimum absolute atomic E-state index is 0.167. The Balaban J connectivity index is 1.16. The number of hydrogen-bond acceptors (Lipinski definition) is 5. The van der Waals surface area contributed by atoms with Gasteiger partial charge in [0.1, 0.15) is 6.61 Å². The van der Waals surface area contributed by atoms with E-state index in [0.717, 1.165) is 37.3 Å². The summed E-state index contributed by atoms with van der Waals surface area (Å²) in [7, 11) is 0. The summed E-state index contributed by atoms with van der Waals surface area (Å²) in [6, 6.07) is 8.05. The number of carbonyl (C=O) groups excluding carboxylic acids is 1. The van der Waals surface area contributed by atoms with Crippen LogP contribution < -0.4 is 4.90 Å². The van der Waals surface area contributed by atoms with Gasteiger partial charge >= 0.3 is 6.18 Å². The maximum atomic E-state index is 12.3. The van der Waals surface area contributed by atoms with Crippen LogP contribution in [0.4, 0.5) is 18.9 Å². The highest BCUT2D eigenvalue weighted by atomic mass is 19.4. The number of alkyl halides is 3. The van der Waals surface area contributed by atoms with Crippen molar-refractivity contribution in [2.45, 2.75) is 37.5 Å². The second kappa shape index (κ2) is 8.63. The van der Waals surface area contributed by atoms with Gasteiger partial charge in [-0.2, -0.15) is 13.2 Å². The first-order valence-corrected chi connectivity index (χ1v) is 10.0. The van der Waals surface area contributed by atoms with Gasteiger partial charge in [-0.3, -0.25) is 9.89 Å². The number of aryl methyl sites for hydroxylation is 1. The summed E-state index contributed by atoms with van der Waals surface area (Å²) in [6.07, 6.45) is -0.946. The minimum atomic E-state index is -4.28. The molecular formula is C20H24F3N5O2. The van der Waals surface area contributed by atoms with Crippen LogP contribution in [-0.2, 0) is 16.0 Å². The summed E-state index contributed by atoms with van der Waals surface area (Å²) in [6.45, 7) is 1.19. The molecule has 0 aliphatic carbocycles. The monoisotopic (exact) mass is 423 g/mol. The first kappa shape index (κ1) is 20.6. The number of hydrogen-bond donors (Lipinski definition) is 1. The van der Waals surface area contributed by atoms with E-state index >= 15 is 0 Å². The number of anilines is 1. The Labute approximate surface area is 172 Å². The molecular weight excluding hydrogens is 399 g/mol. The van der Waals surface area contributed by atoms with Crippen molar-refractivity contribution < 1.29 is 22.7 Å². The lowest BCUT2D eigenvalue weighted by atomic mass is 9.90. The Kier molecular flexibility index (Phi) is 5.94. The molecule has 1 N–H and O–H groups in total. The average Bonchev–Trinajstić information content (AvgIpc) is 3.13. The third-order valence-corrected chi connectivity index (χ3v) is 5.60. The number of nitrogens with one attached hydrogen (secondary N) is 1. The number of amides is 1. The second-order valence-corrected chi connectivity index (χ2v) is 7.88. The molecule has 0 radical (unpaired) electrons. The van der Waals surface area contributed by atoms with E-state index in [9.17, 15) is 18.0 Å². The van der Waals surface area contributed by atoms with Crippen LogP contribution in [0.1, 0.15) is 30.0 Å². The summed E-state index contributed by atoms with van der Waals surface area (Å²) < 4.78 is 41.4. The smallest absolute Gasteiger partial charge is 0.366 e. The van der Waals surface area contributed by atoms with Crippen molar-refractivity contribution in [2.75, 3.05) is 37.7 Å². The molecule has 2 aromatic rings. The molecule has 1 amide bonds. The van der Waals surface area contributed by atoms with Gasteiger partial charge in [0, 0.05) is 44.2 Å². The summed E-state index contributed by atoms with van der Waals surface area (Å²) in [5, 5.41) is 10.2. The number of rotatable bonds is 8. The highest BCUT2D eigenvalue weighted by molar-refractivity contribution is 5.77. The Bertz CT molecular complexity index is 829. The fourth-order valence-corrected chi connectivity index (χ4v) is 3.75. The SMILES string of the molecule is O=C(CCCc1cnn[nH]1)N1CC(c2ccc(N3CC(OCC(F)(F)F)C3)cc2)C1. The van der Waals surface area contributed by atoms with E-state index in [2.05, 4.69) is 15.4 Å². The molecule has 10 heteroatoms. The molecule has 2 fully saturated rings. The van der Waals surface area contributed by atoms with Gasteiger partial charge in [0.2, 0.25) is 5.91 Å². The topological polar surface area (TPSA) is 74.4 Å². The lowest BCUT2D eigenvalue weighted by molar-refractivity contribution is -0.187. The molecule has 0 saturated carbocycles. The van der Waals surface area contributed by atoms with E-state index in [-0.39, 0.29) is 12.0 Å². The van der Waals surface area contributed by atoms with Gasteiger partial charge in [0.25, 0.3) is 0 Å². The molecule has 162 valence electrons. The van der Waals surface area contributed by atoms with E-state index in [4.69, 9.17) is 4.74 Å². The third-order valence-electron chi connectivity index (χ3n) is 5.60. The number of benzene rings is 1. The number of halogens is 3. The number of ether oxygens (including phenoxy) is 1. The van der Waals surface area contributed by atoms with Crippen molar-refractivity contribution in [1.29, 1.82) is 0 Å². The highest BCUT2D eigenvalue weighted by Gasteiger charge is 2.34. The van der Waals surface area contributed by atoms with E-state index < -0.39 is 12.8 Å². The Hall–Kier alpha value is -2.62. The van der Waals surface area contributed by atoms with Crippen LogP contribution in [0.5, 0.6) is 0 Å². The van der Waals surface area contributed by atoms with Crippen molar-refractivity contribution in [3.05, 3.63) is 41.7 Å². The summed E-state index contributed by atoms with van der Waals surface area (Å²) in [5.41, 5.74) is 3.09. The maximum Gasteiger partial charge on any atom is 0.411 e. The number of nitrogens with zero attached hydrogens (tertiary/aromatic N) is 4. The molecule has 1 aromatic carbocycles. The number of aromatic nitrogens is 3. The molecule has 3 heterocycles. The van der Waals surface area contributed by atoms with Crippen molar-refractivity contribution in [2.24, 2.45) is 0 Å². The molecule has 1 aromatic heterocycles. The lowest BCUT2D eigenvalue weighted by Gasteiger charge is -2.42. The zero-order valence-electron chi connectivity index (χ0n) is 16.4. The minimum Gasteiger partial charge on any atom is -0.366 e. The highest BCUT2D eigenvalue weighted by Crippen LogP contribution is 2.31. The summed E-state index contributed by atoms with van der Waals surface area (Å²) in [4.78, 5) is 16.1. The average molecular weight is 423 g/mol. The van der Waals surface area contributed by atoms with Gasteiger partial charge in [0.15, 0.2) is 0 Å². The van der Waals surface area contributed by atoms with E-state index in [1.807, 2.05) is 34.1 Å². The zero-order valence-corrected chi connectivity index (χ0v) is 16.4. The first-order valence-electron chi connectivity index (χ1n) is 10.0. The van der Waals surface area contributed by atoms with Crippen molar-refractivity contribution in [3.63, 3.8) is 0 Å². The molecule has 2 saturated heterocycles. The summed E-state index contributed by atoms with van der Waals surface area (Å²) in [5.74, 6) is 0.500. The molecule has 2 aliphatic rings. The van der Waals surface area contributed by atoms with Gasteiger partial charge in [-0.05, 0) is 30.5 Å². The van der Waals surface area contributed by atoms with E-state index in [1.54, 1.807) is 6.20 Å². The zero-order chi connectivity index (χ0) is 21.1. The molecule has 0 atom stereocenters. The Morgan fingerprint density at radius 2 is 1.90 bits per heavy atom. The number of likely N-dealkylation sites (tertiary alicyclic amines) is 1. The Morgan fingerprint density at radius 1 is 1.17 bits per heavy atom. The lowest BCUT2D eigenvalue weighted by Crippen LogP contribution is -2.53. The van der Waals surface area contributed by atoms with Gasteiger partial charge in [-0.1, -0.05) is 17.3 Å². The molecule has 0 spiro atoms. The van der Waals surface area contributed by atoms with Crippen LogP contribution in [-0.4, -0.2) is 71.3 Å². The summed E-state index contributed by atoms with van der Waals surface area (Å²) >= 11 is 0.